The first-order valence-corrected chi connectivity index (χ1v) is 6.73. The number of nitrogens with two attached hydrogens (primary N) is 1. The first-order chi connectivity index (χ1) is 8.54. The third-order valence-electron chi connectivity index (χ3n) is 2.20. The predicted octanol–water partition coefficient (Wildman–Crippen LogP) is 0.0711. The molecule has 0 aromatic rings. The Bertz CT molecular complexity index is 229. The summed E-state index contributed by atoms with van der Waals surface area (Å²) in [5, 5.41) is 8.15. The van der Waals surface area contributed by atoms with Gasteiger partial charge in [-0.25, -0.2) is 10.9 Å². The Hall–Kier alpha value is -0.820. The molecule has 0 saturated carbocycles. The molecule has 0 rings (SSSR count). The number of rotatable bonds is 10. The minimum atomic E-state index is -0.250. The molecule has 0 aromatic heterocycles. The zero-order chi connectivity index (χ0) is 14.0. The molecule has 6 N–H and O–H groups in total. The van der Waals surface area contributed by atoms with Crippen molar-refractivity contribution in [3.8, 4) is 0 Å². The maximum Gasteiger partial charge on any atom is 0.109 e. The van der Waals surface area contributed by atoms with Gasteiger partial charge in [0.05, 0.1) is 5.82 Å². The first-order valence-electron chi connectivity index (χ1n) is 6.73. The van der Waals surface area contributed by atoms with E-state index in [-0.39, 0.29) is 6.17 Å². The predicted molar refractivity (Wildman–Crippen MR) is 77.2 cm³/mol. The van der Waals surface area contributed by atoms with Gasteiger partial charge in [0.1, 0.15) is 6.17 Å². The second kappa shape index (κ2) is 10.1. The van der Waals surface area contributed by atoms with Gasteiger partial charge < -0.3 is 16.4 Å². The van der Waals surface area contributed by atoms with E-state index in [1.54, 1.807) is 0 Å². The van der Waals surface area contributed by atoms with Crippen molar-refractivity contribution in [2.45, 2.75) is 46.3 Å². The van der Waals surface area contributed by atoms with Crippen LogP contribution in [0.4, 0.5) is 0 Å². The number of nitrogens with one attached hydrogen (secondary N) is 4. The van der Waals surface area contributed by atoms with E-state index in [1.165, 1.54) is 0 Å². The van der Waals surface area contributed by atoms with E-state index >= 15 is 0 Å². The lowest BCUT2D eigenvalue weighted by Crippen LogP contribution is -2.59. The highest BCUT2D eigenvalue weighted by Gasteiger charge is 2.13. The molecule has 1 unspecified atom stereocenters. The second-order valence-electron chi connectivity index (χ2n) is 4.41. The molecule has 1 atom stereocenters. The molecule has 108 valence electrons. The van der Waals surface area contributed by atoms with E-state index in [9.17, 15) is 0 Å². The molecule has 0 aliphatic rings. The van der Waals surface area contributed by atoms with Crippen molar-refractivity contribution < 1.29 is 0 Å². The highest BCUT2D eigenvalue weighted by Crippen LogP contribution is 1.93. The summed E-state index contributed by atoms with van der Waals surface area (Å²) in [7, 11) is 1.88. The molecule has 6 heteroatoms. The summed E-state index contributed by atoms with van der Waals surface area (Å²) in [6.07, 6.45) is 2.75. The largest absolute Gasteiger partial charge is 0.375 e. The summed E-state index contributed by atoms with van der Waals surface area (Å²) in [4.78, 5) is 0. The van der Waals surface area contributed by atoms with Crippen LogP contribution < -0.4 is 27.2 Å². The van der Waals surface area contributed by atoms with Crippen LogP contribution in [0.5, 0.6) is 0 Å². The Morgan fingerprint density at radius 3 is 2.44 bits per heavy atom. The minimum Gasteiger partial charge on any atom is -0.375 e. The monoisotopic (exact) mass is 258 g/mol. The topological polar surface area (TPSA) is 77.4 Å². The average molecular weight is 258 g/mol. The van der Waals surface area contributed by atoms with Gasteiger partial charge in [0.25, 0.3) is 0 Å². The van der Waals surface area contributed by atoms with Crippen LogP contribution in [0.2, 0.25) is 0 Å². The van der Waals surface area contributed by atoms with Crippen LogP contribution in [0.3, 0.4) is 0 Å². The smallest absolute Gasteiger partial charge is 0.109 e. The van der Waals surface area contributed by atoms with Crippen molar-refractivity contribution >= 4 is 0 Å². The zero-order valence-electron chi connectivity index (χ0n) is 12.4. The van der Waals surface area contributed by atoms with Crippen LogP contribution in [-0.4, -0.2) is 37.5 Å². The van der Waals surface area contributed by atoms with Gasteiger partial charge in [-0.15, -0.1) is 0 Å². The molecule has 0 aliphatic heterocycles. The Labute approximate surface area is 111 Å². The van der Waals surface area contributed by atoms with Gasteiger partial charge in [-0.1, -0.05) is 6.92 Å². The van der Waals surface area contributed by atoms with E-state index in [4.69, 9.17) is 5.73 Å². The molecule has 0 radical (unpaired) electrons. The Balaban J connectivity index is 4.54. The lowest BCUT2D eigenvalue weighted by molar-refractivity contribution is 0.0679. The van der Waals surface area contributed by atoms with Gasteiger partial charge in [0.2, 0.25) is 0 Å². The van der Waals surface area contributed by atoms with Crippen LogP contribution in [-0.2, 0) is 0 Å². The van der Waals surface area contributed by atoms with Crippen molar-refractivity contribution in [1.82, 2.24) is 26.6 Å². The van der Waals surface area contributed by atoms with Gasteiger partial charge >= 0.3 is 0 Å². The van der Waals surface area contributed by atoms with Gasteiger partial charge in [0.15, 0.2) is 0 Å². The number of hydrogen-bond acceptors (Lipinski definition) is 6. The quantitative estimate of drug-likeness (QED) is 0.282. The summed E-state index contributed by atoms with van der Waals surface area (Å²) < 4.78 is 0. The van der Waals surface area contributed by atoms with E-state index < -0.39 is 0 Å². The first kappa shape index (κ1) is 17.2. The standard InChI is InChI=1S/C12H30N6/c1-6-8-16-18(17-10(3)4)11(13)9-12(14-5)15-7-2/h9-11,14-17H,6-8,13H2,1-5H3. The Morgan fingerprint density at radius 1 is 1.33 bits per heavy atom. The lowest BCUT2D eigenvalue weighted by Gasteiger charge is -2.30. The van der Waals surface area contributed by atoms with Crippen LogP contribution in [0, 0.1) is 0 Å². The fraction of sp³-hybridized carbons (Fsp3) is 0.833. The summed E-state index contributed by atoms with van der Waals surface area (Å²) >= 11 is 0. The molecule has 6 nitrogen and oxygen atoms in total. The third-order valence-corrected chi connectivity index (χ3v) is 2.20. The zero-order valence-corrected chi connectivity index (χ0v) is 12.4. The molecule has 0 heterocycles. The van der Waals surface area contributed by atoms with Crippen molar-refractivity contribution in [3.63, 3.8) is 0 Å². The van der Waals surface area contributed by atoms with Crippen LogP contribution in [0.1, 0.15) is 34.1 Å². The van der Waals surface area contributed by atoms with Gasteiger partial charge in [0, 0.05) is 26.2 Å². The van der Waals surface area contributed by atoms with Gasteiger partial charge in [-0.3, -0.25) is 0 Å². The van der Waals surface area contributed by atoms with Gasteiger partial charge in [-0.05, 0) is 33.3 Å². The molecule has 0 spiro atoms. The van der Waals surface area contributed by atoms with E-state index in [0.29, 0.717) is 6.04 Å². The molecule has 0 bridgehead atoms. The van der Waals surface area contributed by atoms with Crippen molar-refractivity contribution in [2.75, 3.05) is 20.1 Å². The van der Waals surface area contributed by atoms with E-state index in [1.807, 2.05) is 18.2 Å². The third kappa shape index (κ3) is 7.50. The Kier molecular flexibility index (Phi) is 9.67. The SMILES string of the molecule is CCCNN(NC(C)C)C(N)C=C(NC)NCC. The number of hydrogen-bond donors (Lipinski definition) is 5. The molecule has 0 saturated heterocycles. The summed E-state index contributed by atoms with van der Waals surface area (Å²) in [6.45, 7) is 10.1. The highest BCUT2D eigenvalue weighted by atomic mass is 15.7. The molecule has 0 fully saturated rings. The minimum absolute atomic E-state index is 0.250. The fourth-order valence-electron chi connectivity index (χ4n) is 1.41. The maximum absolute atomic E-state index is 6.16. The van der Waals surface area contributed by atoms with Crippen molar-refractivity contribution in [2.24, 2.45) is 5.73 Å². The molecule has 0 aromatic carbocycles. The summed E-state index contributed by atoms with van der Waals surface area (Å²) in [5.41, 5.74) is 12.7. The van der Waals surface area contributed by atoms with E-state index in [2.05, 4.69) is 49.2 Å². The second-order valence-corrected chi connectivity index (χ2v) is 4.41. The van der Waals surface area contributed by atoms with Crippen LogP contribution >= 0.6 is 0 Å². The fourth-order valence-corrected chi connectivity index (χ4v) is 1.41. The normalized spacial score (nSPS) is 14.1. The number of hydrazine groups is 2. The molecule has 0 aliphatic carbocycles. The molecule has 18 heavy (non-hydrogen) atoms. The van der Waals surface area contributed by atoms with E-state index in [0.717, 1.165) is 25.3 Å². The number of nitrogens with zero attached hydrogens (tertiary/aromatic N) is 1. The van der Waals surface area contributed by atoms with Crippen molar-refractivity contribution in [3.05, 3.63) is 11.9 Å². The van der Waals surface area contributed by atoms with Crippen LogP contribution in [0.15, 0.2) is 11.9 Å². The van der Waals surface area contributed by atoms with Crippen molar-refractivity contribution in [1.29, 1.82) is 0 Å². The van der Waals surface area contributed by atoms with Gasteiger partial charge in [-0.2, -0.15) is 5.12 Å². The summed E-state index contributed by atoms with van der Waals surface area (Å²) in [6, 6.07) is 0.325. The average Bonchev–Trinajstić information content (AvgIpc) is 2.33. The molecular formula is C12H30N6. The lowest BCUT2D eigenvalue weighted by atomic mass is 10.4. The summed E-state index contributed by atoms with van der Waals surface area (Å²) in [5.74, 6) is 0.929. The molecular weight excluding hydrogens is 228 g/mol. The highest BCUT2D eigenvalue weighted by molar-refractivity contribution is 5.00. The molecule has 0 amide bonds. The Morgan fingerprint density at radius 2 is 2.00 bits per heavy atom. The van der Waals surface area contributed by atoms with Crippen LogP contribution in [0.25, 0.3) is 0 Å². The maximum atomic E-state index is 6.16.